The number of unbranched alkanes of at least 4 members (excludes halogenated alkanes) is 1. The van der Waals surface area contributed by atoms with Gasteiger partial charge in [0.2, 0.25) is 0 Å². The van der Waals surface area contributed by atoms with Gasteiger partial charge in [0.15, 0.2) is 5.96 Å². The Morgan fingerprint density at radius 3 is 2.73 bits per heavy atom. The van der Waals surface area contributed by atoms with Gasteiger partial charge >= 0.3 is 0 Å². The van der Waals surface area contributed by atoms with Gasteiger partial charge in [-0.15, -0.1) is 24.0 Å². The summed E-state index contributed by atoms with van der Waals surface area (Å²) in [5.74, 6) is 2.41. The molecule has 0 aliphatic rings. The van der Waals surface area contributed by atoms with E-state index >= 15 is 0 Å². The highest BCUT2D eigenvalue weighted by Crippen LogP contribution is 2.12. The number of ether oxygens (including phenoxy) is 1. The number of guanidine groups is 1. The molecule has 0 spiro atoms. The van der Waals surface area contributed by atoms with Crippen LogP contribution in [0.15, 0.2) is 27.8 Å². The summed E-state index contributed by atoms with van der Waals surface area (Å²) in [7, 11) is 0. The van der Waals surface area contributed by atoms with E-state index in [0.29, 0.717) is 25.7 Å². The van der Waals surface area contributed by atoms with E-state index in [2.05, 4.69) is 24.5 Å². The van der Waals surface area contributed by atoms with Crippen molar-refractivity contribution < 1.29 is 14.3 Å². The van der Waals surface area contributed by atoms with Crippen LogP contribution in [-0.2, 0) is 11.2 Å². The van der Waals surface area contributed by atoms with E-state index in [1.807, 2.05) is 12.1 Å². The van der Waals surface area contributed by atoms with E-state index < -0.39 is 0 Å². The number of halogens is 1. The van der Waals surface area contributed by atoms with Crippen LogP contribution >= 0.6 is 24.0 Å². The zero-order chi connectivity index (χ0) is 18.2. The Balaban J connectivity index is 0.00000625. The number of hydrogen-bond acceptors (Lipinski definition) is 4. The molecule has 1 aromatic rings. The van der Waals surface area contributed by atoms with E-state index in [1.165, 1.54) is 19.3 Å². The highest BCUT2D eigenvalue weighted by atomic mass is 127. The lowest BCUT2D eigenvalue weighted by Gasteiger charge is -2.15. The number of aliphatic imine (C=N–C) groups is 1. The first kappa shape index (κ1) is 25.2. The topological polar surface area (TPSA) is 79.0 Å². The Kier molecular flexibility index (Phi) is 17.1. The van der Waals surface area contributed by atoms with E-state index in [9.17, 15) is 0 Å². The average molecular weight is 481 g/mol. The number of hydrogen-bond donors (Lipinski definition) is 3. The van der Waals surface area contributed by atoms with Gasteiger partial charge in [0.1, 0.15) is 5.76 Å². The Morgan fingerprint density at radius 1 is 1.27 bits per heavy atom. The fraction of sp³-hybridized carbons (Fsp3) is 0.737. The molecule has 1 atom stereocenters. The predicted octanol–water partition coefficient (Wildman–Crippen LogP) is 3.20. The number of nitrogens with zero attached hydrogens (tertiary/aromatic N) is 1. The maximum atomic E-state index is 8.73. The Labute approximate surface area is 175 Å². The Hall–Kier alpha value is -0.800. The van der Waals surface area contributed by atoms with Crippen LogP contribution in [-0.4, -0.2) is 50.5 Å². The average Bonchev–Trinajstić information content (AvgIpc) is 3.14. The SMILES string of the molecule is CCCCC(CC)CN=C(NCCOCCO)NCCc1ccco1.I. The number of aliphatic hydroxyl groups is 1. The molecule has 0 amide bonds. The second-order valence-corrected chi connectivity index (χ2v) is 6.12. The van der Waals surface area contributed by atoms with Crippen molar-refractivity contribution in [2.24, 2.45) is 10.9 Å². The van der Waals surface area contributed by atoms with Gasteiger partial charge in [0.25, 0.3) is 0 Å². The maximum Gasteiger partial charge on any atom is 0.191 e. The third-order valence-electron chi connectivity index (χ3n) is 4.07. The van der Waals surface area contributed by atoms with Crippen LogP contribution in [0.25, 0.3) is 0 Å². The molecule has 0 fully saturated rings. The highest BCUT2D eigenvalue weighted by Gasteiger charge is 2.06. The number of furan rings is 1. The highest BCUT2D eigenvalue weighted by molar-refractivity contribution is 14.0. The van der Waals surface area contributed by atoms with Crippen LogP contribution in [0.1, 0.15) is 45.3 Å². The van der Waals surface area contributed by atoms with Gasteiger partial charge < -0.3 is 24.9 Å². The van der Waals surface area contributed by atoms with Gasteiger partial charge in [-0.2, -0.15) is 0 Å². The summed E-state index contributed by atoms with van der Waals surface area (Å²) in [6, 6.07) is 3.88. The van der Waals surface area contributed by atoms with Crippen molar-refractivity contribution in [3.05, 3.63) is 24.2 Å². The minimum absolute atomic E-state index is 0. The van der Waals surface area contributed by atoms with E-state index in [-0.39, 0.29) is 30.6 Å². The molecule has 6 nitrogen and oxygen atoms in total. The quantitative estimate of drug-likeness (QED) is 0.165. The third-order valence-corrected chi connectivity index (χ3v) is 4.07. The molecular weight excluding hydrogens is 445 g/mol. The first-order valence-corrected chi connectivity index (χ1v) is 9.53. The summed E-state index contributed by atoms with van der Waals surface area (Å²) in [5.41, 5.74) is 0. The molecule has 0 saturated carbocycles. The molecule has 0 radical (unpaired) electrons. The molecule has 3 N–H and O–H groups in total. The number of aliphatic hydroxyl groups excluding tert-OH is 1. The van der Waals surface area contributed by atoms with Crippen molar-refractivity contribution in [1.82, 2.24) is 10.6 Å². The largest absolute Gasteiger partial charge is 0.469 e. The molecule has 1 unspecified atom stereocenters. The van der Waals surface area contributed by atoms with Gasteiger partial charge in [-0.25, -0.2) is 0 Å². The molecule has 1 rings (SSSR count). The van der Waals surface area contributed by atoms with E-state index in [4.69, 9.17) is 19.3 Å². The van der Waals surface area contributed by atoms with Crippen LogP contribution in [0.2, 0.25) is 0 Å². The lowest BCUT2D eigenvalue weighted by Crippen LogP contribution is -2.40. The monoisotopic (exact) mass is 481 g/mol. The lowest BCUT2D eigenvalue weighted by molar-refractivity contribution is 0.0957. The smallest absolute Gasteiger partial charge is 0.191 e. The van der Waals surface area contributed by atoms with Crippen molar-refractivity contribution in [3.63, 3.8) is 0 Å². The maximum absolute atomic E-state index is 8.73. The molecule has 0 aliphatic heterocycles. The van der Waals surface area contributed by atoms with Crippen molar-refractivity contribution in [2.45, 2.75) is 46.0 Å². The minimum atomic E-state index is 0. The summed E-state index contributed by atoms with van der Waals surface area (Å²) in [4.78, 5) is 4.74. The van der Waals surface area contributed by atoms with E-state index in [1.54, 1.807) is 6.26 Å². The fourth-order valence-corrected chi connectivity index (χ4v) is 2.48. The molecular formula is C19H36IN3O3. The van der Waals surface area contributed by atoms with Crippen LogP contribution < -0.4 is 10.6 Å². The Morgan fingerprint density at radius 2 is 2.08 bits per heavy atom. The van der Waals surface area contributed by atoms with Gasteiger partial charge in [-0.1, -0.05) is 33.1 Å². The predicted molar refractivity (Wildman–Crippen MR) is 117 cm³/mol. The Bertz CT molecular complexity index is 441. The molecule has 152 valence electrons. The van der Waals surface area contributed by atoms with Gasteiger partial charge in [0, 0.05) is 26.1 Å². The number of nitrogens with one attached hydrogen (secondary N) is 2. The van der Waals surface area contributed by atoms with Crippen molar-refractivity contribution in [2.75, 3.05) is 39.5 Å². The lowest BCUT2D eigenvalue weighted by atomic mass is 10.00. The fourth-order valence-electron chi connectivity index (χ4n) is 2.48. The molecule has 0 aliphatic carbocycles. The number of rotatable bonds is 14. The standard InChI is InChI=1S/C19H35N3O3.HI/c1-3-5-7-17(4-2)16-22-19(21-11-14-24-15-12-23)20-10-9-18-8-6-13-25-18;/h6,8,13,17,23H,3-5,7,9-12,14-16H2,1-2H3,(H2,20,21,22);1H. The normalized spacial score (nSPS) is 12.5. The molecule has 7 heteroatoms. The molecule has 1 aromatic heterocycles. The molecule has 0 bridgehead atoms. The first-order chi connectivity index (χ1) is 12.3. The molecule has 1 heterocycles. The van der Waals surface area contributed by atoms with Gasteiger partial charge in [0.05, 0.1) is 26.1 Å². The second-order valence-electron chi connectivity index (χ2n) is 6.12. The van der Waals surface area contributed by atoms with Crippen LogP contribution in [0.4, 0.5) is 0 Å². The second kappa shape index (κ2) is 17.6. The van der Waals surface area contributed by atoms with Crippen molar-refractivity contribution in [1.29, 1.82) is 0 Å². The van der Waals surface area contributed by atoms with Gasteiger partial charge in [-0.05, 0) is 24.5 Å². The van der Waals surface area contributed by atoms with Crippen LogP contribution in [0.5, 0.6) is 0 Å². The van der Waals surface area contributed by atoms with Crippen molar-refractivity contribution >= 4 is 29.9 Å². The minimum Gasteiger partial charge on any atom is -0.469 e. The van der Waals surface area contributed by atoms with Crippen LogP contribution in [0, 0.1) is 5.92 Å². The summed E-state index contributed by atoms with van der Waals surface area (Å²) in [6.07, 6.45) is 7.40. The van der Waals surface area contributed by atoms with Crippen molar-refractivity contribution in [3.8, 4) is 0 Å². The van der Waals surface area contributed by atoms with Crippen LogP contribution in [0.3, 0.4) is 0 Å². The summed E-state index contributed by atoms with van der Waals surface area (Å²) in [5, 5.41) is 15.4. The summed E-state index contributed by atoms with van der Waals surface area (Å²) in [6.45, 7) is 7.70. The molecule has 0 aromatic carbocycles. The zero-order valence-corrected chi connectivity index (χ0v) is 18.5. The molecule has 0 saturated heterocycles. The zero-order valence-electron chi connectivity index (χ0n) is 16.2. The summed E-state index contributed by atoms with van der Waals surface area (Å²) >= 11 is 0. The van der Waals surface area contributed by atoms with Gasteiger partial charge in [-0.3, -0.25) is 4.99 Å². The van der Waals surface area contributed by atoms with E-state index in [0.717, 1.165) is 37.7 Å². The third kappa shape index (κ3) is 12.5. The molecule has 26 heavy (non-hydrogen) atoms. The first-order valence-electron chi connectivity index (χ1n) is 9.53. The summed E-state index contributed by atoms with van der Waals surface area (Å²) < 4.78 is 10.6.